The van der Waals surface area contributed by atoms with Crippen molar-refractivity contribution in [3.05, 3.63) is 175 Å². The van der Waals surface area contributed by atoms with Crippen LogP contribution in [-0.4, -0.2) is 16.6 Å². The summed E-state index contributed by atoms with van der Waals surface area (Å²) in [6.07, 6.45) is 0. The van der Waals surface area contributed by atoms with Gasteiger partial charge < -0.3 is 9.15 Å². The van der Waals surface area contributed by atoms with Crippen molar-refractivity contribution in [3.8, 4) is 73.0 Å². The fourth-order valence-corrected chi connectivity index (χ4v) is 7.67. The lowest BCUT2D eigenvalue weighted by atomic mass is 9.88. The average molecular weight is 683 g/mol. The fraction of sp³-hybridized carbons (Fsp3) is 0.0612. The molecule has 0 spiro atoms. The molecule has 2 aromatic heterocycles. The molecular weight excluding hydrogens is 649 g/mol. The van der Waals surface area contributed by atoms with E-state index >= 15 is 0 Å². The van der Waals surface area contributed by atoms with Crippen LogP contribution in [0.2, 0.25) is 0 Å². The van der Waals surface area contributed by atoms with Gasteiger partial charge in [-0.25, -0.2) is 9.97 Å². The van der Waals surface area contributed by atoms with Gasteiger partial charge >= 0.3 is 0 Å². The molecule has 0 saturated carbocycles. The second-order valence-electron chi connectivity index (χ2n) is 13.8. The molecule has 0 aliphatic carbocycles. The number of furan rings is 1. The van der Waals surface area contributed by atoms with E-state index < -0.39 is 0 Å². The maximum absolute atomic E-state index is 6.84. The van der Waals surface area contributed by atoms with Crippen LogP contribution in [0.4, 0.5) is 0 Å². The lowest BCUT2D eigenvalue weighted by molar-refractivity contribution is 0.302. The summed E-state index contributed by atoms with van der Waals surface area (Å²) in [5.74, 6) is 1.69. The molecule has 7 aromatic carbocycles. The number of fused-ring (bicyclic) bond motifs is 6. The van der Waals surface area contributed by atoms with Crippen LogP contribution in [0.25, 0.3) is 89.2 Å². The van der Waals surface area contributed by atoms with Crippen molar-refractivity contribution in [2.24, 2.45) is 0 Å². The number of nitrogens with zero attached hydrogens (tertiary/aromatic N) is 2. The largest absolute Gasteiger partial charge is 0.492 e. The zero-order chi connectivity index (χ0) is 35.3. The highest BCUT2D eigenvalue weighted by Crippen LogP contribution is 2.51. The van der Waals surface area contributed by atoms with E-state index in [9.17, 15) is 0 Å². The van der Waals surface area contributed by atoms with Gasteiger partial charge in [0.2, 0.25) is 0 Å². The Morgan fingerprint density at radius 2 is 1.09 bits per heavy atom. The Morgan fingerprint density at radius 3 is 1.79 bits per heavy atom. The lowest BCUT2D eigenvalue weighted by Gasteiger charge is -2.16. The summed E-state index contributed by atoms with van der Waals surface area (Å²) in [7, 11) is 0. The van der Waals surface area contributed by atoms with E-state index in [0.29, 0.717) is 12.4 Å². The van der Waals surface area contributed by atoms with Crippen molar-refractivity contribution in [2.45, 2.75) is 12.8 Å². The van der Waals surface area contributed by atoms with Gasteiger partial charge in [0, 0.05) is 38.9 Å². The summed E-state index contributed by atoms with van der Waals surface area (Å²) in [6, 6.07) is 59.2. The first kappa shape index (κ1) is 31.0. The second kappa shape index (κ2) is 12.8. The van der Waals surface area contributed by atoms with E-state index in [-0.39, 0.29) is 5.92 Å². The Morgan fingerprint density at radius 1 is 0.491 bits per heavy atom. The third-order valence-corrected chi connectivity index (χ3v) is 10.4. The first-order chi connectivity index (χ1) is 26.2. The van der Waals surface area contributed by atoms with Gasteiger partial charge in [-0.1, -0.05) is 146 Å². The molecule has 0 fully saturated rings. The number of rotatable bonds is 5. The van der Waals surface area contributed by atoms with E-state index in [1.54, 1.807) is 0 Å². The number of aromatic nitrogens is 2. The summed E-state index contributed by atoms with van der Waals surface area (Å²) in [5, 5.41) is 2.14. The zero-order valence-corrected chi connectivity index (χ0v) is 29.2. The van der Waals surface area contributed by atoms with E-state index in [2.05, 4.69) is 134 Å². The summed E-state index contributed by atoms with van der Waals surface area (Å²) >= 11 is 0. The van der Waals surface area contributed by atoms with Crippen LogP contribution in [0.15, 0.2) is 174 Å². The smallest absolute Gasteiger partial charge is 0.160 e. The Balaban J connectivity index is 1.23. The van der Waals surface area contributed by atoms with Gasteiger partial charge in [-0.05, 0) is 58.1 Å². The van der Waals surface area contributed by atoms with Crippen LogP contribution in [0.5, 0.6) is 5.75 Å². The summed E-state index contributed by atoms with van der Waals surface area (Å²) < 4.78 is 13.6. The van der Waals surface area contributed by atoms with Crippen LogP contribution in [-0.2, 0) is 0 Å². The molecule has 252 valence electrons. The highest BCUT2D eigenvalue weighted by Gasteiger charge is 2.28. The minimum Gasteiger partial charge on any atom is -0.492 e. The molecule has 10 rings (SSSR count). The van der Waals surface area contributed by atoms with Crippen LogP contribution < -0.4 is 4.74 Å². The molecule has 9 aromatic rings. The molecule has 0 N–H and O–H groups in total. The monoisotopic (exact) mass is 682 g/mol. The quantitative estimate of drug-likeness (QED) is 0.181. The molecule has 4 nitrogen and oxygen atoms in total. The maximum Gasteiger partial charge on any atom is 0.160 e. The van der Waals surface area contributed by atoms with Gasteiger partial charge in [0.1, 0.15) is 16.9 Å². The van der Waals surface area contributed by atoms with Crippen molar-refractivity contribution in [1.82, 2.24) is 9.97 Å². The van der Waals surface area contributed by atoms with Gasteiger partial charge in [-0.2, -0.15) is 0 Å². The van der Waals surface area contributed by atoms with Gasteiger partial charge in [0.15, 0.2) is 5.82 Å². The van der Waals surface area contributed by atoms with E-state index in [0.717, 1.165) is 83.6 Å². The SMILES string of the molecule is C[C@H]1COc2c(cc3c(oc4ccc(-c5ccccc5)cc43)c2-c2ccccc2)-c2cc(-c3cc(-c4ccccc4)nc(-c4ccccc4)n3)ccc21. The molecule has 4 heteroatoms. The molecular formula is C49H34N2O2. The third-order valence-electron chi connectivity index (χ3n) is 10.4. The minimum atomic E-state index is 0.160. The van der Waals surface area contributed by atoms with E-state index in [4.69, 9.17) is 19.1 Å². The van der Waals surface area contributed by atoms with Gasteiger partial charge in [-0.15, -0.1) is 0 Å². The Kier molecular flexibility index (Phi) is 7.47. The van der Waals surface area contributed by atoms with Crippen molar-refractivity contribution < 1.29 is 9.15 Å². The molecule has 1 aliphatic rings. The third kappa shape index (κ3) is 5.47. The first-order valence-corrected chi connectivity index (χ1v) is 18.1. The molecule has 53 heavy (non-hydrogen) atoms. The molecule has 1 aliphatic heterocycles. The highest BCUT2D eigenvalue weighted by molar-refractivity contribution is 6.14. The predicted molar refractivity (Wildman–Crippen MR) is 216 cm³/mol. The van der Waals surface area contributed by atoms with Crippen LogP contribution >= 0.6 is 0 Å². The van der Waals surface area contributed by atoms with Crippen molar-refractivity contribution in [2.75, 3.05) is 6.61 Å². The van der Waals surface area contributed by atoms with Gasteiger partial charge in [0.25, 0.3) is 0 Å². The van der Waals surface area contributed by atoms with Crippen LogP contribution in [0.3, 0.4) is 0 Å². The molecule has 0 amide bonds. The van der Waals surface area contributed by atoms with Crippen molar-refractivity contribution >= 4 is 21.9 Å². The maximum atomic E-state index is 6.84. The Hall–Kier alpha value is -6.78. The molecule has 1 atom stereocenters. The highest BCUT2D eigenvalue weighted by atomic mass is 16.5. The summed E-state index contributed by atoms with van der Waals surface area (Å²) in [6.45, 7) is 2.79. The zero-order valence-electron chi connectivity index (χ0n) is 29.2. The van der Waals surface area contributed by atoms with Crippen LogP contribution in [0, 0.1) is 0 Å². The number of ether oxygens (including phenoxy) is 1. The molecule has 0 unspecified atom stereocenters. The normalized spacial score (nSPS) is 13.6. The standard InChI is InChI=1S/C49H34N2O2/c1-31-30-52-47-41(28-42-40-26-36(32-14-6-2-7-15-32)23-25-45(40)53-48(42)46(47)34-18-10-4-11-19-34)39-27-37(22-24-38(31)39)44-29-43(33-16-8-3-9-17-33)50-49(51-44)35-20-12-5-13-21-35/h2-29,31H,30H2,1H3/t31-/m0/s1. The van der Waals surface area contributed by atoms with Crippen LogP contribution in [0.1, 0.15) is 18.4 Å². The minimum absolute atomic E-state index is 0.160. The van der Waals surface area contributed by atoms with E-state index in [1.165, 1.54) is 11.1 Å². The summed E-state index contributed by atoms with van der Waals surface area (Å²) in [4.78, 5) is 10.2. The summed E-state index contributed by atoms with van der Waals surface area (Å²) in [5.41, 5.74) is 14.2. The lowest BCUT2D eigenvalue weighted by Crippen LogP contribution is -2.05. The second-order valence-corrected chi connectivity index (χ2v) is 13.8. The average Bonchev–Trinajstić information content (AvgIpc) is 3.53. The van der Waals surface area contributed by atoms with Crippen molar-refractivity contribution in [1.29, 1.82) is 0 Å². The molecule has 0 radical (unpaired) electrons. The molecule has 3 heterocycles. The van der Waals surface area contributed by atoms with Gasteiger partial charge in [0.05, 0.1) is 23.6 Å². The molecule has 0 saturated heterocycles. The number of hydrogen-bond donors (Lipinski definition) is 0. The number of hydrogen-bond acceptors (Lipinski definition) is 4. The Labute approximate surface area is 308 Å². The Bertz CT molecular complexity index is 2720. The fourth-order valence-electron chi connectivity index (χ4n) is 7.67. The van der Waals surface area contributed by atoms with Gasteiger partial charge in [-0.3, -0.25) is 0 Å². The predicted octanol–water partition coefficient (Wildman–Crippen LogP) is 12.9. The van der Waals surface area contributed by atoms with E-state index in [1.807, 2.05) is 42.5 Å². The molecule has 0 bridgehead atoms. The van der Waals surface area contributed by atoms with Crippen molar-refractivity contribution in [3.63, 3.8) is 0 Å². The number of benzene rings is 7. The topological polar surface area (TPSA) is 48.2 Å². The first-order valence-electron chi connectivity index (χ1n) is 18.1.